The van der Waals surface area contributed by atoms with Crippen LogP contribution in [0.25, 0.3) is 10.9 Å². The van der Waals surface area contributed by atoms with Gasteiger partial charge < -0.3 is 10.4 Å². The van der Waals surface area contributed by atoms with E-state index in [-0.39, 0.29) is 5.56 Å². The van der Waals surface area contributed by atoms with Gasteiger partial charge in [0.15, 0.2) is 0 Å². The van der Waals surface area contributed by atoms with Crippen molar-refractivity contribution in [2.24, 2.45) is 0 Å². The van der Waals surface area contributed by atoms with E-state index in [1.165, 1.54) is 0 Å². The molecule has 21 heavy (non-hydrogen) atoms. The number of nitrogens with one attached hydrogen (secondary N) is 1. The molecule has 0 spiro atoms. The van der Waals surface area contributed by atoms with Crippen LogP contribution in [-0.4, -0.2) is 16.1 Å². The van der Waals surface area contributed by atoms with Crippen LogP contribution in [0.2, 0.25) is 0 Å². The number of rotatable bonds is 3. The molecular formula is C16H11BrN2O2. The quantitative estimate of drug-likeness (QED) is 0.738. The lowest BCUT2D eigenvalue weighted by molar-refractivity contribution is 0.0698. The molecule has 0 bridgehead atoms. The first-order chi connectivity index (χ1) is 10.1. The van der Waals surface area contributed by atoms with E-state index in [2.05, 4.69) is 26.2 Å². The predicted molar refractivity (Wildman–Crippen MR) is 86.1 cm³/mol. The first-order valence-electron chi connectivity index (χ1n) is 6.29. The lowest BCUT2D eigenvalue weighted by atomic mass is 10.1. The van der Waals surface area contributed by atoms with Crippen molar-refractivity contribution in [1.82, 2.24) is 4.98 Å². The Labute approximate surface area is 129 Å². The lowest BCUT2D eigenvalue weighted by Crippen LogP contribution is -2.02. The first-order valence-corrected chi connectivity index (χ1v) is 7.08. The number of carboxylic acids is 1. The van der Waals surface area contributed by atoms with Gasteiger partial charge in [-0.25, -0.2) is 4.79 Å². The summed E-state index contributed by atoms with van der Waals surface area (Å²) in [7, 11) is 0. The second-order valence-corrected chi connectivity index (χ2v) is 5.41. The van der Waals surface area contributed by atoms with Crippen molar-refractivity contribution >= 4 is 44.2 Å². The third kappa shape index (κ3) is 2.73. The third-order valence-corrected chi connectivity index (χ3v) is 3.62. The minimum Gasteiger partial charge on any atom is -0.478 e. The summed E-state index contributed by atoms with van der Waals surface area (Å²) in [5.41, 5.74) is 2.45. The van der Waals surface area contributed by atoms with Gasteiger partial charge in [-0.05, 0) is 36.4 Å². The number of anilines is 2. The highest BCUT2D eigenvalue weighted by atomic mass is 79.9. The van der Waals surface area contributed by atoms with Crippen LogP contribution < -0.4 is 5.32 Å². The number of carboxylic acid groups (broad SMARTS) is 1. The van der Waals surface area contributed by atoms with E-state index >= 15 is 0 Å². The van der Waals surface area contributed by atoms with Crippen LogP contribution in [0.4, 0.5) is 11.4 Å². The number of para-hydroxylation sites is 1. The van der Waals surface area contributed by atoms with Crippen LogP contribution in [0.15, 0.2) is 59.2 Å². The molecule has 0 aliphatic rings. The number of pyridine rings is 1. The molecule has 0 amide bonds. The van der Waals surface area contributed by atoms with E-state index in [1.807, 2.05) is 24.3 Å². The van der Waals surface area contributed by atoms with Crippen molar-refractivity contribution in [1.29, 1.82) is 0 Å². The fourth-order valence-electron chi connectivity index (χ4n) is 2.15. The van der Waals surface area contributed by atoms with E-state index in [0.717, 1.165) is 21.1 Å². The van der Waals surface area contributed by atoms with Gasteiger partial charge in [0.25, 0.3) is 0 Å². The van der Waals surface area contributed by atoms with Crippen molar-refractivity contribution < 1.29 is 9.90 Å². The van der Waals surface area contributed by atoms with Gasteiger partial charge in [0.1, 0.15) is 0 Å². The highest BCUT2D eigenvalue weighted by molar-refractivity contribution is 9.10. The Balaban J connectivity index is 2.11. The molecule has 2 N–H and O–H groups in total. The number of halogens is 1. The summed E-state index contributed by atoms with van der Waals surface area (Å²) >= 11 is 3.44. The molecule has 0 saturated heterocycles. The second-order valence-electron chi connectivity index (χ2n) is 4.50. The second kappa shape index (κ2) is 5.54. The number of benzene rings is 2. The van der Waals surface area contributed by atoms with Gasteiger partial charge in [-0.1, -0.05) is 28.1 Å². The van der Waals surface area contributed by atoms with Crippen molar-refractivity contribution in [3.05, 3.63) is 64.8 Å². The van der Waals surface area contributed by atoms with Crippen LogP contribution >= 0.6 is 15.9 Å². The Kier molecular flexibility index (Phi) is 3.58. The smallest absolute Gasteiger partial charge is 0.337 e. The number of fused-ring (bicyclic) bond motifs is 1. The molecule has 5 heteroatoms. The van der Waals surface area contributed by atoms with Gasteiger partial charge in [0.2, 0.25) is 0 Å². The van der Waals surface area contributed by atoms with E-state index in [0.29, 0.717) is 5.69 Å². The fourth-order valence-corrected chi connectivity index (χ4v) is 2.51. The van der Waals surface area contributed by atoms with Crippen molar-refractivity contribution in [2.75, 3.05) is 5.32 Å². The standard InChI is InChI=1S/C16H11BrN2O2/c17-10-5-6-13-12(9-10)15(7-8-18-13)19-14-4-2-1-3-11(14)16(20)21/h1-9H,(H,18,19)(H,20,21). The molecule has 0 radical (unpaired) electrons. The third-order valence-electron chi connectivity index (χ3n) is 3.13. The van der Waals surface area contributed by atoms with Gasteiger partial charge in [-0.15, -0.1) is 0 Å². The normalized spacial score (nSPS) is 10.5. The maximum atomic E-state index is 11.3. The number of hydrogen-bond acceptors (Lipinski definition) is 3. The minimum atomic E-state index is -0.961. The summed E-state index contributed by atoms with van der Waals surface area (Å²) in [4.78, 5) is 15.6. The van der Waals surface area contributed by atoms with E-state index in [9.17, 15) is 9.90 Å². The van der Waals surface area contributed by atoms with Gasteiger partial charge >= 0.3 is 5.97 Å². The highest BCUT2D eigenvalue weighted by Gasteiger charge is 2.10. The largest absolute Gasteiger partial charge is 0.478 e. The SMILES string of the molecule is O=C(O)c1ccccc1Nc1ccnc2ccc(Br)cc12. The van der Waals surface area contributed by atoms with Crippen molar-refractivity contribution in [3.8, 4) is 0 Å². The number of nitrogens with zero attached hydrogens (tertiary/aromatic N) is 1. The monoisotopic (exact) mass is 342 g/mol. The minimum absolute atomic E-state index is 0.234. The summed E-state index contributed by atoms with van der Waals surface area (Å²) < 4.78 is 0.942. The van der Waals surface area contributed by atoms with E-state index < -0.39 is 5.97 Å². The Morgan fingerprint density at radius 3 is 2.71 bits per heavy atom. The molecular weight excluding hydrogens is 332 g/mol. The van der Waals surface area contributed by atoms with E-state index in [4.69, 9.17) is 0 Å². The average molecular weight is 343 g/mol. The maximum Gasteiger partial charge on any atom is 0.337 e. The molecule has 0 aliphatic heterocycles. The molecule has 0 atom stereocenters. The molecule has 0 unspecified atom stereocenters. The summed E-state index contributed by atoms with van der Waals surface area (Å²) in [5.74, 6) is -0.961. The molecule has 3 rings (SSSR count). The van der Waals surface area contributed by atoms with Crippen molar-refractivity contribution in [3.63, 3.8) is 0 Å². The van der Waals surface area contributed by atoms with Crippen LogP contribution in [0.5, 0.6) is 0 Å². The maximum absolute atomic E-state index is 11.3. The molecule has 0 saturated carbocycles. The topological polar surface area (TPSA) is 62.2 Å². The van der Waals surface area contributed by atoms with Crippen LogP contribution in [0.1, 0.15) is 10.4 Å². The first kappa shape index (κ1) is 13.6. The molecule has 3 aromatic rings. The van der Waals surface area contributed by atoms with Crippen LogP contribution in [0, 0.1) is 0 Å². The summed E-state index contributed by atoms with van der Waals surface area (Å²) in [6.45, 7) is 0. The van der Waals surface area contributed by atoms with E-state index in [1.54, 1.807) is 30.5 Å². The molecule has 2 aromatic carbocycles. The number of carbonyl (C=O) groups is 1. The zero-order chi connectivity index (χ0) is 14.8. The Hall–Kier alpha value is -2.40. The van der Waals surface area contributed by atoms with Crippen LogP contribution in [0.3, 0.4) is 0 Å². The van der Waals surface area contributed by atoms with Gasteiger partial charge in [-0.2, -0.15) is 0 Å². The molecule has 104 valence electrons. The summed E-state index contributed by atoms with van der Waals surface area (Å²) in [5, 5.41) is 13.3. The Morgan fingerprint density at radius 1 is 1.10 bits per heavy atom. The number of aromatic nitrogens is 1. The summed E-state index contributed by atoms with van der Waals surface area (Å²) in [6, 6.07) is 14.4. The average Bonchev–Trinajstić information content (AvgIpc) is 2.48. The van der Waals surface area contributed by atoms with Crippen molar-refractivity contribution in [2.45, 2.75) is 0 Å². The molecule has 1 heterocycles. The van der Waals surface area contributed by atoms with Gasteiger partial charge in [0.05, 0.1) is 16.8 Å². The predicted octanol–water partition coefficient (Wildman–Crippen LogP) is 4.44. The Bertz CT molecular complexity index is 833. The Morgan fingerprint density at radius 2 is 1.90 bits per heavy atom. The van der Waals surface area contributed by atoms with Gasteiger partial charge in [0, 0.05) is 21.7 Å². The number of hydrogen-bond donors (Lipinski definition) is 2. The lowest BCUT2D eigenvalue weighted by Gasteiger charge is -2.11. The zero-order valence-corrected chi connectivity index (χ0v) is 12.5. The van der Waals surface area contributed by atoms with Crippen LogP contribution in [-0.2, 0) is 0 Å². The molecule has 0 aliphatic carbocycles. The summed E-state index contributed by atoms with van der Waals surface area (Å²) in [6.07, 6.45) is 1.70. The fraction of sp³-hybridized carbons (Fsp3) is 0. The molecule has 1 aromatic heterocycles. The highest BCUT2D eigenvalue weighted by Crippen LogP contribution is 2.28. The molecule has 4 nitrogen and oxygen atoms in total. The van der Waals surface area contributed by atoms with Gasteiger partial charge in [-0.3, -0.25) is 4.98 Å². The molecule has 0 fully saturated rings. The number of aromatic carboxylic acids is 1. The zero-order valence-electron chi connectivity index (χ0n) is 10.9.